The maximum Gasteiger partial charge on any atom is 0.0844 e. The van der Waals surface area contributed by atoms with Crippen LogP contribution in [0.25, 0.3) is 0 Å². The lowest BCUT2D eigenvalue weighted by Gasteiger charge is -2.33. The van der Waals surface area contributed by atoms with Crippen LogP contribution < -0.4 is 0 Å². The molecule has 2 aliphatic heterocycles. The first-order valence-electron chi connectivity index (χ1n) is 7.12. The Balaban J connectivity index is 1.38. The topological polar surface area (TPSA) is 25.1 Å². The molecule has 0 aromatic rings. The summed E-state index contributed by atoms with van der Waals surface area (Å²) in [6.45, 7) is 2.49. The van der Waals surface area contributed by atoms with Gasteiger partial charge in [0, 0.05) is 0 Å². The SMILES string of the molecule is CC(C1CCC2OC2C1)C1CCC2OC2C1. The van der Waals surface area contributed by atoms with Crippen molar-refractivity contribution in [3.8, 4) is 0 Å². The Morgan fingerprint density at radius 1 is 0.750 bits per heavy atom. The molecule has 2 aliphatic carbocycles. The van der Waals surface area contributed by atoms with Crippen LogP contribution in [0.2, 0.25) is 0 Å². The first-order valence-corrected chi connectivity index (χ1v) is 7.12. The van der Waals surface area contributed by atoms with Crippen molar-refractivity contribution in [1.29, 1.82) is 0 Å². The van der Waals surface area contributed by atoms with E-state index >= 15 is 0 Å². The first-order chi connectivity index (χ1) is 7.81. The smallest absolute Gasteiger partial charge is 0.0844 e. The van der Waals surface area contributed by atoms with Crippen LogP contribution in [0.1, 0.15) is 45.4 Å². The summed E-state index contributed by atoms with van der Waals surface area (Å²) < 4.78 is 11.3. The van der Waals surface area contributed by atoms with Gasteiger partial charge >= 0.3 is 0 Å². The van der Waals surface area contributed by atoms with E-state index in [2.05, 4.69) is 6.92 Å². The van der Waals surface area contributed by atoms with Crippen LogP contribution in [0.5, 0.6) is 0 Å². The second-order valence-corrected chi connectivity index (χ2v) is 6.43. The Kier molecular flexibility index (Phi) is 2.14. The van der Waals surface area contributed by atoms with Gasteiger partial charge in [0.05, 0.1) is 24.4 Å². The van der Waals surface area contributed by atoms with Gasteiger partial charge in [0.25, 0.3) is 0 Å². The maximum absolute atomic E-state index is 5.65. The molecule has 0 aromatic heterocycles. The van der Waals surface area contributed by atoms with E-state index in [1.54, 1.807) is 0 Å². The van der Waals surface area contributed by atoms with Crippen molar-refractivity contribution < 1.29 is 9.47 Å². The van der Waals surface area contributed by atoms with E-state index in [9.17, 15) is 0 Å². The maximum atomic E-state index is 5.65. The van der Waals surface area contributed by atoms with Crippen molar-refractivity contribution in [2.24, 2.45) is 17.8 Å². The summed E-state index contributed by atoms with van der Waals surface area (Å²) in [5.74, 6) is 2.77. The molecule has 4 rings (SSSR count). The quantitative estimate of drug-likeness (QED) is 0.671. The number of epoxide rings is 2. The number of ether oxygens (including phenoxy) is 2. The van der Waals surface area contributed by atoms with Gasteiger partial charge in [-0.1, -0.05) is 6.92 Å². The molecule has 0 amide bonds. The summed E-state index contributed by atoms with van der Waals surface area (Å²) in [5.41, 5.74) is 0. The summed E-state index contributed by atoms with van der Waals surface area (Å²) in [5, 5.41) is 0. The Morgan fingerprint density at radius 3 is 1.69 bits per heavy atom. The molecule has 2 heteroatoms. The molecule has 0 spiro atoms. The van der Waals surface area contributed by atoms with Gasteiger partial charge in [0.2, 0.25) is 0 Å². The van der Waals surface area contributed by atoms with Crippen LogP contribution in [0.4, 0.5) is 0 Å². The van der Waals surface area contributed by atoms with E-state index in [1.165, 1.54) is 38.5 Å². The normalized spacial score (nSPS) is 56.1. The minimum Gasteiger partial charge on any atom is -0.370 e. The van der Waals surface area contributed by atoms with Gasteiger partial charge in [0.1, 0.15) is 0 Å². The number of hydrogen-bond acceptors (Lipinski definition) is 2. The second kappa shape index (κ2) is 3.46. The monoisotopic (exact) mass is 222 g/mol. The minimum atomic E-state index is 0.648. The molecule has 90 valence electrons. The summed E-state index contributed by atoms with van der Waals surface area (Å²) in [4.78, 5) is 0. The molecule has 0 radical (unpaired) electrons. The average Bonchev–Trinajstić information content (AvgIpc) is 3.19. The van der Waals surface area contributed by atoms with Crippen molar-refractivity contribution in [3.63, 3.8) is 0 Å². The Bertz CT molecular complexity index is 262. The molecular formula is C14H22O2. The fraction of sp³-hybridized carbons (Fsp3) is 1.00. The van der Waals surface area contributed by atoms with Crippen LogP contribution >= 0.6 is 0 Å². The standard InChI is InChI=1S/C14H22O2/c1-8(9-2-4-11-13(6-9)15-11)10-3-5-12-14(7-10)16-12/h8-14H,2-7H2,1H3. The van der Waals surface area contributed by atoms with E-state index in [-0.39, 0.29) is 0 Å². The fourth-order valence-corrected chi connectivity index (χ4v) is 4.21. The van der Waals surface area contributed by atoms with Gasteiger partial charge in [0.15, 0.2) is 0 Å². The molecule has 2 heterocycles. The van der Waals surface area contributed by atoms with E-state index in [0.29, 0.717) is 24.4 Å². The van der Waals surface area contributed by atoms with Crippen molar-refractivity contribution in [2.75, 3.05) is 0 Å². The van der Waals surface area contributed by atoms with Gasteiger partial charge in [-0.05, 0) is 56.3 Å². The number of fused-ring (bicyclic) bond motifs is 2. The van der Waals surface area contributed by atoms with Crippen LogP contribution in [0, 0.1) is 17.8 Å². The van der Waals surface area contributed by atoms with E-state index < -0.39 is 0 Å². The molecule has 0 aromatic carbocycles. The molecule has 6 atom stereocenters. The zero-order valence-electron chi connectivity index (χ0n) is 10.1. The molecule has 0 bridgehead atoms. The molecule has 2 saturated heterocycles. The van der Waals surface area contributed by atoms with Crippen LogP contribution in [0.3, 0.4) is 0 Å². The minimum absolute atomic E-state index is 0.648. The highest BCUT2D eigenvalue weighted by atomic mass is 16.6. The lowest BCUT2D eigenvalue weighted by molar-refractivity contribution is 0.173. The summed E-state index contributed by atoms with van der Waals surface area (Å²) in [6.07, 6.45) is 10.8. The lowest BCUT2D eigenvalue weighted by Crippen LogP contribution is -2.28. The van der Waals surface area contributed by atoms with Crippen molar-refractivity contribution in [1.82, 2.24) is 0 Å². The zero-order valence-corrected chi connectivity index (χ0v) is 10.1. The molecule has 4 fully saturated rings. The number of rotatable bonds is 2. The predicted molar refractivity (Wildman–Crippen MR) is 61.2 cm³/mol. The van der Waals surface area contributed by atoms with Gasteiger partial charge in [-0.15, -0.1) is 0 Å². The summed E-state index contributed by atoms with van der Waals surface area (Å²) in [7, 11) is 0. The first kappa shape index (κ1) is 9.90. The third-order valence-corrected chi connectivity index (χ3v) is 5.58. The molecule has 0 N–H and O–H groups in total. The summed E-state index contributed by atoms with van der Waals surface area (Å²) in [6, 6.07) is 0. The van der Waals surface area contributed by atoms with Gasteiger partial charge in [-0.2, -0.15) is 0 Å². The van der Waals surface area contributed by atoms with E-state index in [1.807, 2.05) is 0 Å². The van der Waals surface area contributed by atoms with Gasteiger partial charge in [-0.25, -0.2) is 0 Å². The van der Waals surface area contributed by atoms with Crippen LogP contribution in [-0.4, -0.2) is 24.4 Å². The van der Waals surface area contributed by atoms with Gasteiger partial charge < -0.3 is 9.47 Å². The molecule has 6 unspecified atom stereocenters. The molecule has 2 saturated carbocycles. The Morgan fingerprint density at radius 2 is 1.25 bits per heavy atom. The van der Waals surface area contributed by atoms with Crippen molar-refractivity contribution in [3.05, 3.63) is 0 Å². The van der Waals surface area contributed by atoms with E-state index in [0.717, 1.165) is 17.8 Å². The third-order valence-electron chi connectivity index (χ3n) is 5.58. The molecule has 4 aliphatic rings. The predicted octanol–water partition coefficient (Wildman–Crippen LogP) is 2.76. The fourth-order valence-electron chi connectivity index (χ4n) is 4.21. The Hall–Kier alpha value is -0.0800. The van der Waals surface area contributed by atoms with Crippen molar-refractivity contribution in [2.45, 2.75) is 69.9 Å². The van der Waals surface area contributed by atoms with Crippen LogP contribution in [-0.2, 0) is 9.47 Å². The average molecular weight is 222 g/mol. The second-order valence-electron chi connectivity index (χ2n) is 6.43. The zero-order chi connectivity index (χ0) is 10.7. The molecule has 2 nitrogen and oxygen atoms in total. The molecule has 16 heavy (non-hydrogen) atoms. The largest absolute Gasteiger partial charge is 0.370 e. The number of hydrogen-bond donors (Lipinski definition) is 0. The van der Waals surface area contributed by atoms with Crippen molar-refractivity contribution >= 4 is 0 Å². The highest BCUT2D eigenvalue weighted by Gasteiger charge is 2.49. The third kappa shape index (κ3) is 1.62. The lowest BCUT2D eigenvalue weighted by atomic mass is 9.70. The summed E-state index contributed by atoms with van der Waals surface area (Å²) >= 11 is 0. The Labute approximate surface area is 97.7 Å². The highest BCUT2D eigenvalue weighted by molar-refractivity contribution is 4.97. The van der Waals surface area contributed by atoms with Crippen LogP contribution in [0.15, 0.2) is 0 Å². The highest BCUT2D eigenvalue weighted by Crippen LogP contribution is 2.48. The van der Waals surface area contributed by atoms with E-state index in [4.69, 9.17) is 9.47 Å². The van der Waals surface area contributed by atoms with Gasteiger partial charge in [-0.3, -0.25) is 0 Å². The molecular weight excluding hydrogens is 200 g/mol.